The average molecular weight is 461 g/mol. The Morgan fingerprint density at radius 1 is 1.09 bits per heavy atom. The van der Waals surface area contributed by atoms with E-state index in [0.29, 0.717) is 34.3 Å². The summed E-state index contributed by atoms with van der Waals surface area (Å²) in [5.74, 6) is 0.903. The standard InChI is InChI=1S/C17H19Br2NO2S/c18-15-6-2-1-5-14(15)13-9-11-20(12-10-13)23(21,22)17-8-4-3-7-16(17)19/h1,3-8,13-14H,2,9-12H2. The molecule has 0 N–H and O–H groups in total. The Bertz CT molecular complexity index is 735. The molecule has 0 saturated carbocycles. The second-order valence-corrected chi connectivity index (χ2v) is 9.63. The van der Waals surface area contributed by atoms with Gasteiger partial charge in [0.05, 0.1) is 4.90 Å². The zero-order valence-corrected chi connectivity index (χ0v) is 16.6. The Labute approximate surface area is 154 Å². The molecule has 1 atom stereocenters. The number of benzene rings is 1. The summed E-state index contributed by atoms with van der Waals surface area (Å²) in [6, 6.07) is 7.02. The molecule has 0 bridgehead atoms. The molecule has 3 nitrogen and oxygen atoms in total. The van der Waals surface area contributed by atoms with E-state index in [4.69, 9.17) is 0 Å². The van der Waals surface area contributed by atoms with Crippen molar-refractivity contribution in [1.29, 1.82) is 0 Å². The molecule has 1 unspecified atom stereocenters. The van der Waals surface area contributed by atoms with Crippen molar-refractivity contribution in [2.75, 3.05) is 13.1 Å². The first-order valence-corrected chi connectivity index (χ1v) is 10.8. The summed E-state index contributed by atoms with van der Waals surface area (Å²) in [4.78, 5) is 0.358. The van der Waals surface area contributed by atoms with Gasteiger partial charge >= 0.3 is 0 Å². The smallest absolute Gasteiger partial charge is 0.207 e. The van der Waals surface area contributed by atoms with Crippen molar-refractivity contribution in [3.05, 3.63) is 51.4 Å². The average Bonchev–Trinajstić information content (AvgIpc) is 2.56. The van der Waals surface area contributed by atoms with Crippen LogP contribution in [0.3, 0.4) is 0 Å². The Morgan fingerprint density at radius 2 is 1.78 bits per heavy atom. The van der Waals surface area contributed by atoms with Gasteiger partial charge in [0.1, 0.15) is 0 Å². The molecule has 1 heterocycles. The number of sulfonamides is 1. The minimum Gasteiger partial charge on any atom is -0.207 e. The van der Waals surface area contributed by atoms with Crippen molar-refractivity contribution in [3.63, 3.8) is 0 Å². The monoisotopic (exact) mass is 459 g/mol. The Morgan fingerprint density at radius 3 is 2.43 bits per heavy atom. The SMILES string of the molecule is O=S(=O)(c1ccccc1Br)N1CCC(C2C=CCC=C2Br)CC1. The molecular formula is C17H19Br2NO2S. The molecule has 2 aliphatic rings. The van der Waals surface area contributed by atoms with Crippen LogP contribution in [0.25, 0.3) is 0 Å². The maximum Gasteiger partial charge on any atom is 0.244 e. The third-order valence-electron chi connectivity index (χ3n) is 4.57. The number of piperidine rings is 1. The molecular weight excluding hydrogens is 442 g/mol. The fourth-order valence-corrected chi connectivity index (χ4v) is 6.43. The van der Waals surface area contributed by atoms with Crippen molar-refractivity contribution in [1.82, 2.24) is 4.31 Å². The third-order valence-corrected chi connectivity index (χ3v) is 8.33. The molecule has 3 rings (SSSR count). The van der Waals surface area contributed by atoms with Gasteiger partial charge in [-0.15, -0.1) is 0 Å². The van der Waals surface area contributed by atoms with Crippen LogP contribution in [0.4, 0.5) is 0 Å². The predicted octanol–water partition coefficient (Wildman–Crippen LogP) is 4.70. The molecule has 124 valence electrons. The largest absolute Gasteiger partial charge is 0.244 e. The van der Waals surface area contributed by atoms with E-state index in [0.717, 1.165) is 19.3 Å². The van der Waals surface area contributed by atoms with Gasteiger partial charge in [0, 0.05) is 23.5 Å². The topological polar surface area (TPSA) is 37.4 Å². The van der Waals surface area contributed by atoms with E-state index >= 15 is 0 Å². The number of halogens is 2. The van der Waals surface area contributed by atoms with Gasteiger partial charge in [-0.3, -0.25) is 0 Å². The van der Waals surface area contributed by atoms with Crippen LogP contribution in [-0.4, -0.2) is 25.8 Å². The Balaban J connectivity index is 1.72. The van der Waals surface area contributed by atoms with Gasteiger partial charge in [-0.05, 0) is 57.7 Å². The molecule has 23 heavy (non-hydrogen) atoms. The van der Waals surface area contributed by atoms with Gasteiger partial charge in [-0.2, -0.15) is 4.31 Å². The molecule has 6 heteroatoms. The number of hydrogen-bond acceptors (Lipinski definition) is 2. The lowest BCUT2D eigenvalue weighted by Crippen LogP contribution is -2.40. The molecule has 1 aliphatic heterocycles. The summed E-state index contributed by atoms with van der Waals surface area (Å²) in [7, 11) is -3.42. The highest BCUT2D eigenvalue weighted by Crippen LogP contribution is 2.37. The number of nitrogens with zero attached hydrogens (tertiary/aromatic N) is 1. The van der Waals surface area contributed by atoms with Crippen LogP contribution >= 0.6 is 31.9 Å². The van der Waals surface area contributed by atoms with Crippen molar-refractivity contribution in [3.8, 4) is 0 Å². The van der Waals surface area contributed by atoms with E-state index in [-0.39, 0.29) is 0 Å². The van der Waals surface area contributed by atoms with Crippen LogP contribution in [0, 0.1) is 11.8 Å². The van der Waals surface area contributed by atoms with E-state index in [9.17, 15) is 8.42 Å². The van der Waals surface area contributed by atoms with Crippen molar-refractivity contribution >= 4 is 41.9 Å². The van der Waals surface area contributed by atoms with Crippen molar-refractivity contribution in [2.24, 2.45) is 11.8 Å². The lowest BCUT2D eigenvalue weighted by Gasteiger charge is -2.35. The minimum absolute atomic E-state index is 0.358. The second kappa shape index (κ2) is 7.21. The lowest BCUT2D eigenvalue weighted by molar-refractivity contribution is 0.248. The number of hydrogen-bond donors (Lipinski definition) is 0. The molecule has 1 saturated heterocycles. The van der Waals surface area contributed by atoms with Gasteiger partial charge in [0.25, 0.3) is 0 Å². The van der Waals surface area contributed by atoms with Gasteiger partial charge in [0.2, 0.25) is 10.0 Å². The maximum atomic E-state index is 12.8. The maximum absolute atomic E-state index is 12.8. The Hall–Kier alpha value is -0.430. The van der Waals surface area contributed by atoms with Crippen molar-refractivity contribution in [2.45, 2.75) is 24.2 Å². The number of rotatable bonds is 3. The molecule has 0 radical (unpaired) electrons. The van der Waals surface area contributed by atoms with E-state index < -0.39 is 10.0 Å². The van der Waals surface area contributed by atoms with Gasteiger partial charge in [-0.25, -0.2) is 8.42 Å². The van der Waals surface area contributed by atoms with Crippen LogP contribution in [0.2, 0.25) is 0 Å². The molecule has 1 fully saturated rings. The van der Waals surface area contributed by atoms with Crippen LogP contribution in [-0.2, 0) is 10.0 Å². The molecule has 0 spiro atoms. The zero-order valence-electron chi connectivity index (χ0n) is 12.7. The van der Waals surface area contributed by atoms with Gasteiger partial charge in [0.15, 0.2) is 0 Å². The number of allylic oxidation sites excluding steroid dienone is 4. The van der Waals surface area contributed by atoms with E-state index in [1.54, 1.807) is 22.5 Å². The summed E-state index contributed by atoms with van der Waals surface area (Å²) in [5, 5.41) is 0. The normalized spacial score (nSPS) is 23.7. The lowest BCUT2D eigenvalue weighted by atomic mass is 9.83. The van der Waals surface area contributed by atoms with Gasteiger partial charge in [-0.1, -0.05) is 46.3 Å². The van der Waals surface area contributed by atoms with E-state index in [2.05, 4.69) is 50.1 Å². The first kappa shape index (κ1) is 17.4. The van der Waals surface area contributed by atoms with Crippen LogP contribution < -0.4 is 0 Å². The van der Waals surface area contributed by atoms with Crippen LogP contribution in [0.5, 0.6) is 0 Å². The highest BCUT2D eigenvalue weighted by Gasteiger charge is 2.33. The highest BCUT2D eigenvalue weighted by atomic mass is 79.9. The molecule has 0 aromatic heterocycles. The molecule has 1 aliphatic carbocycles. The fourth-order valence-electron chi connectivity index (χ4n) is 3.28. The fraction of sp³-hybridized carbons (Fsp3) is 0.412. The predicted molar refractivity (Wildman–Crippen MR) is 99.9 cm³/mol. The highest BCUT2D eigenvalue weighted by molar-refractivity contribution is 9.11. The van der Waals surface area contributed by atoms with Crippen LogP contribution in [0.15, 0.2) is 56.3 Å². The molecule has 1 aromatic carbocycles. The quantitative estimate of drug-likeness (QED) is 0.612. The summed E-state index contributed by atoms with van der Waals surface area (Å²) in [6.45, 7) is 1.16. The van der Waals surface area contributed by atoms with E-state index in [1.807, 2.05) is 6.07 Å². The summed E-state index contributed by atoms with van der Waals surface area (Å²) >= 11 is 7.02. The van der Waals surface area contributed by atoms with Gasteiger partial charge < -0.3 is 0 Å². The first-order valence-electron chi connectivity index (χ1n) is 7.77. The Kier molecular flexibility index (Phi) is 5.46. The molecule has 1 aromatic rings. The summed E-state index contributed by atoms with van der Waals surface area (Å²) < 4.78 is 29.1. The minimum atomic E-state index is -3.42. The third kappa shape index (κ3) is 3.65. The van der Waals surface area contributed by atoms with Crippen molar-refractivity contribution < 1.29 is 8.42 Å². The second-order valence-electron chi connectivity index (χ2n) is 5.95. The first-order chi connectivity index (χ1) is 11.0. The van der Waals surface area contributed by atoms with Crippen LogP contribution in [0.1, 0.15) is 19.3 Å². The molecule has 0 amide bonds. The summed E-state index contributed by atoms with van der Waals surface area (Å²) in [5.41, 5.74) is 0. The summed E-state index contributed by atoms with van der Waals surface area (Å²) in [6.07, 6.45) is 9.41. The van der Waals surface area contributed by atoms with E-state index in [1.165, 1.54) is 4.48 Å². The zero-order chi connectivity index (χ0) is 16.4.